The highest BCUT2D eigenvalue weighted by molar-refractivity contribution is 6.09. The van der Waals surface area contributed by atoms with E-state index in [4.69, 9.17) is 0 Å². The number of rotatable bonds is 7. The van der Waals surface area contributed by atoms with Gasteiger partial charge in [0.1, 0.15) is 6.54 Å². The maximum absolute atomic E-state index is 13.4. The van der Waals surface area contributed by atoms with Crippen molar-refractivity contribution in [2.24, 2.45) is 0 Å². The van der Waals surface area contributed by atoms with Gasteiger partial charge in [-0.05, 0) is 24.5 Å². The van der Waals surface area contributed by atoms with Gasteiger partial charge in [-0.3, -0.25) is 14.5 Å². The lowest BCUT2D eigenvalue weighted by Crippen LogP contribution is -2.47. The Kier molecular flexibility index (Phi) is 5.78. The Morgan fingerprint density at radius 1 is 1.07 bits per heavy atom. The largest absolute Gasteiger partial charge is 0.352 e. The fraction of sp³-hybridized carbons (Fsp3) is 0.318. The number of amides is 4. The molecule has 1 saturated heterocycles. The van der Waals surface area contributed by atoms with E-state index in [2.05, 4.69) is 10.6 Å². The van der Waals surface area contributed by atoms with Gasteiger partial charge in [0.05, 0.1) is 0 Å². The molecule has 4 amide bonds. The van der Waals surface area contributed by atoms with Crippen LogP contribution >= 0.6 is 0 Å². The smallest absolute Gasteiger partial charge is 0.325 e. The summed E-state index contributed by atoms with van der Waals surface area (Å²) in [5.41, 5.74) is 0.393. The SMILES string of the molecule is CC[C@H](C)NC(=O)CN1C(=O)N[C@](Cc2ccccc2)(c2ccccc2)C1=O. The molecule has 2 aromatic rings. The van der Waals surface area contributed by atoms with Crippen molar-refractivity contribution in [1.82, 2.24) is 15.5 Å². The molecule has 2 atom stereocenters. The van der Waals surface area contributed by atoms with E-state index in [1.165, 1.54) is 0 Å². The van der Waals surface area contributed by atoms with Crippen molar-refractivity contribution < 1.29 is 14.4 Å². The predicted molar refractivity (Wildman–Crippen MR) is 106 cm³/mol. The molecule has 0 radical (unpaired) electrons. The topological polar surface area (TPSA) is 78.5 Å². The van der Waals surface area contributed by atoms with E-state index < -0.39 is 17.5 Å². The number of nitrogens with zero attached hydrogens (tertiary/aromatic N) is 1. The first-order valence-electron chi connectivity index (χ1n) is 9.49. The first-order valence-corrected chi connectivity index (χ1v) is 9.49. The second kappa shape index (κ2) is 8.25. The van der Waals surface area contributed by atoms with E-state index in [-0.39, 0.29) is 18.5 Å². The fourth-order valence-corrected chi connectivity index (χ4v) is 3.38. The molecule has 146 valence electrons. The van der Waals surface area contributed by atoms with Crippen molar-refractivity contribution in [2.45, 2.75) is 38.3 Å². The first-order chi connectivity index (χ1) is 13.5. The average molecular weight is 379 g/mol. The van der Waals surface area contributed by atoms with Crippen molar-refractivity contribution in [1.29, 1.82) is 0 Å². The van der Waals surface area contributed by atoms with Crippen LogP contribution in [0.3, 0.4) is 0 Å². The molecular weight excluding hydrogens is 354 g/mol. The average Bonchev–Trinajstić information content (AvgIpc) is 2.94. The summed E-state index contributed by atoms with van der Waals surface area (Å²) in [6.45, 7) is 3.55. The summed E-state index contributed by atoms with van der Waals surface area (Å²) in [4.78, 5) is 39.4. The minimum absolute atomic E-state index is 0.0172. The van der Waals surface area contributed by atoms with Crippen molar-refractivity contribution in [3.63, 3.8) is 0 Å². The van der Waals surface area contributed by atoms with Gasteiger partial charge in [-0.1, -0.05) is 67.6 Å². The molecule has 2 N–H and O–H groups in total. The summed E-state index contributed by atoms with van der Waals surface area (Å²) in [7, 11) is 0. The highest BCUT2D eigenvalue weighted by atomic mass is 16.2. The van der Waals surface area contributed by atoms with Gasteiger partial charge in [-0.15, -0.1) is 0 Å². The molecule has 2 aromatic carbocycles. The zero-order valence-corrected chi connectivity index (χ0v) is 16.1. The van der Waals surface area contributed by atoms with Crippen LogP contribution in [0.25, 0.3) is 0 Å². The van der Waals surface area contributed by atoms with Crippen molar-refractivity contribution in [2.75, 3.05) is 6.54 Å². The van der Waals surface area contributed by atoms with Crippen LogP contribution in [0.15, 0.2) is 60.7 Å². The second-order valence-corrected chi connectivity index (χ2v) is 7.13. The second-order valence-electron chi connectivity index (χ2n) is 7.13. The fourth-order valence-electron chi connectivity index (χ4n) is 3.38. The molecule has 0 bridgehead atoms. The molecule has 0 aromatic heterocycles. The molecule has 1 aliphatic rings. The molecule has 0 spiro atoms. The molecule has 0 saturated carbocycles. The van der Waals surface area contributed by atoms with Crippen LogP contribution in [-0.4, -0.2) is 35.3 Å². The minimum Gasteiger partial charge on any atom is -0.352 e. The number of hydrogen-bond donors (Lipinski definition) is 2. The summed E-state index contributed by atoms with van der Waals surface area (Å²) >= 11 is 0. The number of nitrogens with one attached hydrogen (secondary N) is 2. The Morgan fingerprint density at radius 3 is 2.29 bits per heavy atom. The van der Waals surface area contributed by atoms with Gasteiger partial charge in [-0.2, -0.15) is 0 Å². The number of carbonyl (C=O) groups is 3. The quantitative estimate of drug-likeness (QED) is 0.726. The number of hydrogen-bond acceptors (Lipinski definition) is 3. The lowest BCUT2D eigenvalue weighted by Gasteiger charge is -2.27. The summed E-state index contributed by atoms with van der Waals surface area (Å²) in [5.74, 6) is -0.756. The maximum atomic E-state index is 13.4. The highest BCUT2D eigenvalue weighted by Gasteiger charge is 2.52. The van der Waals surface area contributed by atoms with E-state index >= 15 is 0 Å². The van der Waals surface area contributed by atoms with Crippen LogP contribution in [0.2, 0.25) is 0 Å². The van der Waals surface area contributed by atoms with Gasteiger partial charge in [-0.25, -0.2) is 4.79 Å². The Bertz CT molecular complexity index is 854. The van der Waals surface area contributed by atoms with Gasteiger partial charge >= 0.3 is 6.03 Å². The molecule has 0 unspecified atom stereocenters. The molecule has 0 aliphatic carbocycles. The molecule has 1 heterocycles. The zero-order chi connectivity index (χ0) is 20.1. The third-order valence-corrected chi connectivity index (χ3v) is 5.08. The number of imide groups is 1. The standard InChI is InChI=1S/C22H25N3O3/c1-3-16(2)23-19(26)15-25-20(27)22(24-21(25)28,18-12-8-5-9-13-18)14-17-10-6-4-7-11-17/h4-13,16H,3,14-15H2,1-2H3,(H,23,26)(H,24,28)/t16-,22+/m0/s1. The maximum Gasteiger partial charge on any atom is 0.325 e. The molecule has 3 rings (SSSR count). The number of urea groups is 1. The molecule has 1 fully saturated rings. The summed E-state index contributed by atoms with van der Waals surface area (Å²) in [5, 5.41) is 5.66. The van der Waals surface area contributed by atoms with Gasteiger partial charge in [0.15, 0.2) is 5.54 Å². The van der Waals surface area contributed by atoms with E-state index in [9.17, 15) is 14.4 Å². The number of carbonyl (C=O) groups excluding carboxylic acids is 3. The van der Waals surface area contributed by atoms with Gasteiger partial charge < -0.3 is 10.6 Å². The lowest BCUT2D eigenvalue weighted by molar-refractivity contribution is -0.135. The summed E-state index contributed by atoms with van der Waals surface area (Å²) in [6, 6.07) is 18.1. The highest BCUT2D eigenvalue weighted by Crippen LogP contribution is 2.32. The predicted octanol–water partition coefficient (Wildman–Crippen LogP) is 2.59. The zero-order valence-electron chi connectivity index (χ0n) is 16.1. The lowest BCUT2D eigenvalue weighted by atomic mass is 9.83. The van der Waals surface area contributed by atoms with Gasteiger partial charge in [0.25, 0.3) is 5.91 Å². The third kappa shape index (κ3) is 3.91. The normalized spacial score (nSPS) is 20.0. The van der Waals surface area contributed by atoms with Crippen LogP contribution < -0.4 is 10.6 Å². The Hall–Kier alpha value is -3.15. The van der Waals surface area contributed by atoms with E-state index in [0.717, 1.165) is 16.9 Å². The van der Waals surface area contributed by atoms with Gasteiger partial charge in [0, 0.05) is 12.5 Å². The monoisotopic (exact) mass is 379 g/mol. The van der Waals surface area contributed by atoms with Crippen LogP contribution in [0, 0.1) is 0 Å². The minimum atomic E-state index is -1.23. The number of benzene rings is 2. The van der Waals surface area contributed by atoms with Crippen LogP contribution in [0.1, 0.15) is 31.4 Å². The van der Waals surface area contributed by atoms with Crippen LogP contribution in [0.5, 0.6) is 0 Å². The van der Waals surface area contributed by atoms with E-state index in [1.54, 1.807) is 0 Å². The third-order valence-electron chi connectivity index (χ3n) is 5.08. The van der Waals surface area contributed by atoms with E-state index in [0.29, 0.717) is 12.0 Å². The molecular formula is C22H25N3O3. The van der Waals surface area contributed by atoms with Crippen LogP contribution in [0.4, 0.5) is 4.79 Å². The van der Waals surface area contributed by atoms with Crippen molar-refractivity contribution in [3.8, 4) is 0 Å². The van der Waals surface area contributed by atoms with Crippen molar-refractivity contribution in [3.05, 3.63) is 71.8 Å². The Balaban J connectivity index is 1.91. The molecule has 1 aliphatic heterocycles. The molecule has 6 nitrogen and oxygen atoms in total. The van der Waals surface area contributed by atoms with Crippen LogP contribution in [-0.2, 0) is 21.5 Å². The Labute approximate surface area is 164 Å². The van der Waals surface area contributed by atoms with Gasteiger partial charge in [0.2, 0.25) is 5.91 Å². The molecule has 28 heavy (non-hydrogen) atoms. The summed E-state index contributed by atoms with van der Waals surface area (Å²) in [6.07, 6.45) is 1.08. The Morgan fingerprint density at radius 2 is 1.68 bits per heavy atom. The first kappa shape index (κ1) is 19.6. The van der Waals surface area contributed by atoms with E-state index in [1.807, 2.05) is 74.5 Å². The molecule has 6 heteroatoms. The summed E-state index contributed by atoms with van der Waals surface area (Å²) < 4.78 is 0. The van der Waals surface area contributed by atoms with Crippen molar-refractivity contribution >= 4 is 17.8 Å².